The van der Waals surface area contributed by atoms with Crippen LogP contribution in [0.25, 0.3) is 6.08 Å². The second kappa shape index (κ2) is 18.7. The van der Waals surface area contributed by atoms with Crippen molar-refractivity contribution < 1.29 is 182 Å². The van der Waals surface area contributed by atoms with Crippen molar-refractivity contribution in [3.8, 4) is 46.0 Å². The second-order valence-electron chi connectivity index (χ2n) is 11.8. The van der Waals surface area contributed by atoms with Crippen LogP contribution in [-0.2, 0) is 41.5 Å². The largest absolute Gasteiger partial charge is 1.00 e. The summed E-state index contributed by atoms with van der Waals surface area (Å²) in [7, 11) is 0. The molecule has 1 aliphatic rings. The van der Waals surface area contributed by atoms with Crippen LogP contribution in [0, 0.1) is 5.92 Å². The fourth-order valence-corrected chi connectivity index (χ4v) is 5.75. The number of ether oxygens (including phenoxy) is 2. The molecule has 8 N–H and O–H groups in total. The molecule has 4 aromatic carbocycles. The van der Waals surface area contributed by atoms with Gasteiger partial charge in [0.1, 0.15) is 12.2 Å². The summed E-state index contributed by atoms with van der Waals surface area (Å²) < 4.78 is 10.6. The van der Waals surface area contributed by atoms with E-state index in [2.05, 4.69) is 0 Å². The Labute approximate surface area is 390 Å². The van der Waals surface area contributed by atoms with Crippen molar-refractivity contribution >= 4 is 30.0 Å². The fourth-order valence-electron chi connectivity index (χ4n) is 5.75. The third-order valence-corrected chi connectivity index (χ3v) is 8.30. The Morgan fingerprint density at radius 1 is 0.574 bits per heavy atom. The number of carbonyl (C=O) groups excluding carboxylic acids is 4. The molecule has 4 atom stereocenters. The molecule has 1 aliphatic carbocycles. The summed E-state index contributed by atoms with van der Waals surface area (Å²) >= 11 is 0. The average Bonchev–Trinajstić information content (AvgIpc) is 3.08. The predicted octanol–water partition coefficient (Wildman–Crippen LogP) is -5.71. The second-order valence-corrected chi connectivity index (χ2v) is 11.8. The minimum absolute atomic E-state index is 0. The maximum Gasteiger partial charge on any atom is 1.00 e. The standard InChI is InChI=1S/C36H30O16.2K/c37-21-4-1-15(7-24(21)40)9-29(33(45)46)51-35(49)20-11-18-13-27(43)28(44)14-19(18)31(17-3-6-23(39)26(42)12-17)32(20)36(50)52-30(34(47)48)10-16-2-5-22(38)25(41)8-16;;/h1-8,11-14,29-32,37-44H,9-10H2,(H,45,46)(H,47,48);;/q;2*+1/p-2/t29-,30-,31-,32?;;/m1../s1. The molecular formula is C36H28K2O16. The van der Waals surface area contributed by atoms with Gasteiger partial charge in [-0.1, -0.05) is 18.2 Å². The van der Waals surface area contributed by atoms with Gasteiger partial charge in [0.2, 0.25) is 0 Å². The maximum atomic E-state index is 14.2. The van der Waals surface area contributed by atoms with E-state index in [1.54, 1.807) is 0 Å². The van der Waals surface area contributed by atoms with Crippen LogP contribution < -0.4 is 113 Å². The Kier molecular flexibility index (Phi) is 15.4. The zero-order chi connectivity index (χ0) is 38.0. The molecule has 0 aliphatic heterocycles. The first-order chi connectivity index (χ1) is 24.5. The molecule has 0 saturated carbocycles. The molecule has 1 unspecified atom stereocenters. The zero-order valence-electron chi connectivity index (χ0n) is 28.5. The first kappa shape index (κ1) is 44.6. The zero-order valence-corrected chi connectivity index (χ0v) is 34.7. The molecule has 5 rings (SSSR count). The third kappa shape index (κ3) is 10.1. The van der Waals surface area contributed by atoms with Gasteiger partial charge in [0, 0.05) is 18.8 Å². The van der Waals surface area contributed by atoms with Gasteiger partial charge in [0.15, 0.2) is 46.0 Å². The third-order valence-electron chi connectivity index (χ3n) is 8.30. The molecule has 0 fully saturated rings. The van der Waals surface area contributed by atoms with Crippen molar-refractivity contribution in [3.63, 3.8) is 0 Å². The van der Waals surface area contributed by atoms with Crippen LogP contribution in [0.1, 0.15) is 33.7 Å². The molecule has 0 spiro atoms. The first-order valence-corrected chi connectivity index (χ1v) is 15.2. The summed E-state index contributed by atoms with van der Waals surface area (Å²) in [5, 5.41) is 104. The molecule has 18 heteroatoms. The number of esters is 2. The van der Waals surface area contributed by atoms with E-state index >= 15 is 0 Å². The van der Waals surface area contributed by atoms with E-state index in [0.717, 1.165) is 54.6 Å². The normalized spacial score (nSPS) is 15.5. The summed E-state index contributed by atoms with van der Waals surface area (Å²) in [6.45, 7) is 0. The van der Waals surface area contributed by atoms with Crippen molar-refractivity contribution in [1.29, 1.82) is 0 Å². The monoisotopic (exact) mass is 794 g/mol. The van der Waals surface area contributed by atoms with Gasteiger partial charge in [-0.25, -0.2) is 4.79 Å². The Morgan fingerprint density at radius 3 is 1.50 bits per heavy atom. The van der Waals surface area contributed by atoms with Gasteiger partial charge in [-0.05, 0) is 82.4 Å². The fraction of sp³-hybridized carbons (Fsp3) is 0.167. The molecule has 54 heavy (non-hydrogen) atoms. The van der Waals surface area contributed by atoms with Crippen LogP contribution in [0.5, 0.6) is 46.0 Å². The number of rotatable bonds is 11. The molecule has 270 valence electrons. The van der Waals surface area contributed by atoms with Crippen molar-refractivity contribution in [2.75, 3.05) is 0 Å². The summed E-state index contributed by atoms with van der Waals surface area (Å²) in [4.78, 5) is 52.4. The molecule has 16 nitrogen and oxygen atoms in total. The van der Waals surface area contributed by atoms with Crippen molar-refractivity contribution in [2.24, 2.45) is 5.92 Å². The topological polar surface area (TPSA) is 295 Å². The molecule has 0 radical (unpaired) electrons. The van der Waals surface area contributed by atoms with Crippen LogP contribution in [-0.4, -0.2) is 76.9 Å². The number of phenols is 8. The number of hydrogen-bond donors (Lipinski definition) is 8. The number of carbonyl (C=O) groups is 4. The SMILES string of the molecule is O=C(O[C@H](Cc1ccc(O)c(O)c1)C(=O)[O-])C1=Cc2cc(O)c(O)cc2[C@@H](c2ccc(O)c(O)c2)C1C(=O)O[C@H](Cc1ccc(O)c(O)c1)C(=O)[O-].[K+].[K+]. The maximum absolute atomic E-state index is 14.2. The Morgan fingerprint density at radius 2 is 1.02 bits per heavy atom. The molecule has 0 bridgehead atoms. The number of aliphatic carboxylic acids is 2. The van der Waals surface area contributed by atoms with E-state index in [1.807, 2.05) is 0 Å². The summed E-state index contributed by atoms with van der Waals surface area (Å²) in [6.07, 6.45) is -4.37. The average molecular weight is 795 g/mol. The number of phenolic OH excluding ortho intramolecular Hbond substituents is 8. The molecule has 0 amide bonds. The van der Waals surface area contributed by atoms with Gasteiger partial charge >= 0.3 is 115 Å². The van der Waals surface area contributed by atoms with E-state index < -0.39 is 112 Å². The predicted molar refractivity (Wildman–Crippen MR) is 170 cm³/mol. The quantitative estimate of drug-likeness (QED) is 0.0399. The number of fused-ring (bicyclic) bond motifs is 1. The Hall–Kier alpha value is -3.83. The van der Waals surface area contributed by atoms with Crippen molar-refractivity contribution in [2.45, 2.75) is 31.0 Å². The number of hydrogen-bond acceptors (Lipinski definition) is 16. The van der Waals surface area contributed by atoms with Gasteiger partial charge in [-0.15, -0.1) is 0 Å². The number of carboxylic acids is 2. The van der Waals surface area contributed by atoms with E-state index in [-0.39, 0.29) is 131 Å². The Balaban J connectivity index is 0.00000392. The number of carboxylic acid groups (broad SMARTS) is 2. The van der Waals surface area contributed by atoms with E-state index in [9.17, 15) is 70.2 Å². The van der Waals surface area contributed by atoms with E-state index in [1.165, 1.54) is 18.2 Å². The Bertz CT molecular complexity index is 2130. The molecule has 0 heterocycles. The van der Waals surface area contributed by atoms with Gasteiger partial charge in [0.25, 0.3) is 0 Å². The van der Waals surface area contributed by atoms with Crippen LogP contribution in [0.15, 0.2) is 72.3 Å². The first-order valence-electron chi connectivity index (χ1n) is 15.2. The molecule has 4 aromatic rings. The van der Waals surface area contributed by atoms with Crippen molar-refractivity contribution in [1.82, 2.24) is 0 Å². The number of aromatic hydroxyl groups is 8. The smallest absolute Gasteiger partial charge is 0.546 e. The molecule has 0 saturated heterocycles. The number of benzene rings is 4. The van der Waals surface area contributed by atoms with Crippen LogP contribution in [0.2, 0.25) is 0 Å². The van der Waals surface area contributed by atoms with Crippen molar-refractivity contribution in [3.05, 3.63) is 100 Å². The van der Waals surface area contributed by atoms with Gasteiger partial charge in [0.05, 0.1) is 23.4 Å². The molecule has 0 aromatic heterocycles. The summed E-state index contributed by atoms with van der Waals surface area (Å²) in [5.41, 5.74) is -0.535. The summed E-state index contributed by atoms with van der Waals surface area (Å²) in [5.74, 6) is -15.1. The van der Waals surface area contributed by atoms with Crippen LogP contribution >= 0.6 is 0 Å². The molecular weight excluding hydrogens is 767 g/mol. The van der Waals surface area contributed by atoms with Crippen LogP contribution in [0.3, 0.4) is 0 Å². The van der Waals surface area contributed by atoms with Gasteiger partial charge in [-0.2, -0.15) is 0 Å². The van der Waals surface area contributed by atoms with Crippen LogP contribution in [0.4, 0.5) is 0 Å². The minimum Gasteiger partial charge on any atom is -0.546 e. The van der Waals surface area contributed by atoms with E-state index in [0.29, 0.717) is 0 Å². The van der Waals surface area contributed by atoms with Gasteiger partial charge < -0.3 is 70.1 Å². The minimum atomic E-state index is -2.09. The van der Waals surface area contributed by atoms with Gasteiger partial charge in [-0.3, -0.25) is 4.79 Å². The van der Waals surface area contributed by atoms with E-state index in [4.69, 9.17) is 9.47 Å². The summed E-state index contributed by atoms with van der Waals surface area (Å²) in [6, 6.07) is 11.8.